The number of hydrogen-bond acceptors (Lipinski definition) is 2. The predicted octanol–water partition coefficient (Wildman–Crippen LogP) is 3.28. The molecule has 3 atom stereocenters. The Bertz CT molecular complexity index is 547. The van der Waals surface area contributed by atoms with Crippen LogP contribution in [0.5, 0.6) is 0 Å². The van der Waals surface area contributed by atoms with Gasteiger partial charge in [0, 0.05) is 18.6 Å². The second-order valence-electron chi connectivity index (χ2n) is 6.37. The van der Waals surface area contributed by atoms with Crippen LogP contribution in [0.2, 0.25) is 0 Å². The van der Waals surface area contributed by atoms with Crippen molar-refractivity contribution in [1.82, 2.24) is 10.2 Å². The molecule has 126 valence electrons. The zero-order valence-corrected chi connectivity index (χ0v) is 12.9. The molecule has 0 radical (unpaired) electrons. The van der Waals surface area contributed by atoms with Crippen molar-refractivity contribution in [3.05, 3.63) is 35.9 Å². The molecular weight excluding hydrogens is 305 g/mol. The number of carbonyl (C=O) groups is 1. The van der Waals surface area contributed by atoms with Crippen LogP contribution in [-0.2, 0) is 4.79 Å². The molecule has 2 saturated heterocycles. The van der Waals surface area contributed by atoms with E-state index in [1.165, 1.54) is 5.56 Å². The van der Waals surface area contributed by atoms with Crippen molar-refractivity contribution in [3.63, 3.8) is 0 Å². The van der Waals surface area contributed by atoms with E-state index in [0.29, 0.717) is 6.42 Å². The van der Waals surface area contributed by atoms with Gasteiger partial charge in [-0.3, -0.25) is 9.69 Å². The van der Waals surface area contributed by atoms with Crippen LogP contribution >= 0.6 is 0 Å². The standard InChI is InChI=1S/C17H21F3N2O/c18-17(19,20)8-9-21-16(23)13-11-15(12-5-2-1-3-6-12)22-10-4-7-14(13)22/h1-3,5-6,13-15H,4,7-11H2,(H,21,23)/t13-,14+,15-/m1/s1. The molecule has 1 aromatic carbocycles. The Labute approximate surface area is 133 Å². The van der Waals surface area contributed by atoms with Crippen molar-refractivity contribution in [1.29, 1.82) is 0 Å². The van der Waals surface area contributed by atoms with Gasteiger partial charge in [0.1, 0.15) is 0 Å². The number of fused-ring (bicyclic) bond motifs is 1. The minimum absolute atomic E-state index is 0.158. The van der Waals surface area contributed by atoms with Crippen molar-refractivity contribution in [2.75, 3.05) is 13.1 Å². The minimum Gasteiger partial charge on any atom is -0.355 e. The largest absolute Gasteiger partial charge is 0.390 e. The van der Waals surface area contributed by atoms with Gasteiger partial charge in [0.25, 0.3) is 0 Å². The number of benzene rings is 1. The highest BCUT2D eigenvalue weighted by Gasteiger charge is 2.47. The molecule has 1 amide bonds. The van der Waals surface area contributed by atoms with Gasteiger partial charge in [-0.25, -0.2) is 0 Å². The van der Waals surface area contributed by atoms with Crippen molar-refractivity contribution in [2.45, 2.75) is 43.9 Å². The van der Waals surface area contributed by atoms with Gasteiger partial charge in [-0.2, -0.15) is 13.2 Å². The van der Waals surface area contributed by atoms with E-state index >= 15 is 0 Å². The van der Waals surface area contributed by atoms with Gasteiger partial charge in [0.05, 0.1) is 12.3 Å². The van der Waals surface area contributed by atoms with Crippen LogP contribution in [0.3, 0.4) is 0 Å². The highest BCUT2D eigenvalue weighted by molar-refractivity contribution is 5.80. The summed E-state index contributed by atoms with van der Waals surface area (Å²) in [5, 5.41) is 2.48. The third-order valence-electron chi connectivity index (χ3n) is 4.91. The van der Waals surface area contributed by atoms with E-state index in [4.69, 9.17) is 0 Å². The first kappa shape index (κ1) is 16.3. The zero-order chi connectivity index (χ0) is 16.4. The molecule has 2 aliphatic heterocycles. The molecule has 3 nitrogen and oxygen atoms in total. The SMILES string of the molecule is O=C(NCCC(F)(F)F)[C@@H]1C[C@H](c2ccccc2)N2CCC[C@@H]12. The lowest BCUT2D eigenvalue weighted by Gasteiger charge is -2.24. The molecule has 1 N–H and O–H groups in total. The lowest BCUT2D eigenvalue weighted by atomic mass is 9.93. The molecule has 2 heterocycles. The van der Waals surface area contributed by atoms with Crippen molar-refractivity contribution >= 4 is 5.91 Å². The smallest absolute Gasteiger partial charge is 0.355 e. The van der Waals surface area contributed by atoms with Crippen LogP contribution in [0, 0.1) is 5.92 Å². The van der Waals surface area contributed by atoms with Crippen LogP contribution in [0.25, 0.3) is 0 Å². The Morgan fingerprint density at radius 2 is 2.00 bits per heavy atom. The number of halogens is 3. The summed E-state index contributed by atoms with van der Waals surface area (Å²) in [6.45, 7) is 0.623. The van der Waals surface area contributed by atoms with E-state index < -0.39 is 12.6 Å². The fourth-order valence-electron chi connectivity index (χ4n) is 3.91. The molecule has 23 heavy (non-hydrogen) atoms. The lowest BCUT2D eigenvalue weighted by Crippen LogP contribution is -2.38. The fraction of sp³-hybridized carbons (Fsp3) is 0.588. The van der Waals surface area contributed by atoms with Gasteiger partial charge in [-0.1, -0.05) is 30.3 Å². The number of nitrogens with zero attached hydrogens (tertiary/aromatic N) is 1. The van der Waals surface area contributed by atoms with Gasteiger partial charge >= 0.3 is 6.18 Å². The van der Waals surface area contributed by atoms with E-state index in [1.54, 1.807) is 0 Å². The Morgan fingerprint density at radius 1 is 1.26 bits per heavy atom. The summed E-state index contributed by atoms with van der Waals surface area (Å²) in [6, 6.07) is 10.4. The van der Waals surface area contributed by atoms with Gasteiger partial charge in [0.2, 0.25) is 5.91 Å². The molecule has 2 aliphatic rings. The number of nitrogens with one attached hydrogen (secondary N) is 1. The molecule has 0 saturated carbocycles. The van der Waals surface area contributed by atoms with Gasteiger partial charge in [-0.15, -0.1) is 0 Å². The normalized spacial score (nSPS) is 27.9. The summed E-state index contributed by atoms with van der Waals surface area (Å²) < 4.78 is 36.7. The van der Waals surface area contributed by atoms with Gasteiger partial charge < -0.3 is 5.32 Å². The summed E-state index contributed by atoms with van der Waals surface area (Å²) in [5.41, 5.74) is 1.19. The van der Waals surface area contributed by atoms with Crippen molar-refractivity contribution in [2.24, 2.45) is 5.92 Å². The number of rotatable bonds is 4. The molecule has 0 unspecified atom stereocenters. The van der Waals surface area contributed by atoms with Crippen molar-refractivity contribution in [3.8, 4) is 0 Å². The molecule has 6 heteroatoms. The molecule has 0 bridgehead atoms. The number of carbonyl (C=O) groups excluding carboxylic acids is 1. The zero-order valence-electron chi connectivity index (χ0n) is 12.9. The molecule has 2 fully saturated rings. The van der Waals surface area contributed by atoms with E-state index in [2.05, 4.69) is 22.3 Å². The molecule has 0 aliphatic carbocycles. The van der Waals surface area contributed by atoms with Crippen LogP contribution in [0.4, 0.5) is 13.2 Å². The van der Waals surface area contributed by atoms with E-state index in [9.17, 15) is 18.0 Å². The van der Waals surface area contributed by atoms with Crippen LogP contribution < -0.4 is 5.32 Å². The van der Waals surface area contributed by atoms with Gasteiger partial charge in [0.15, 0.2) is 0 Å². The maximum Gasteiger partial charge on any atom is 0.390 e. The fourth-order valence-corrected chi connectivity index (χ4v) is 3.91. The quantitative estimate of drug-likeness (QED) is 0.921. The molecule has 1 aromatic rings. The molecule has 3 rings (SSSR count). The Balaban J connectivity index is 1.65. The topological polar surface area (TPSA) is 32.3 Å². The highest BCUT2D eigenvalue weighted by Crippen LogP contribution is 2.44. The molecule has 0 aromatic heterocycles. The first-order valence-corrected chi connectivity index (χ1v) is 8.11. The van der Waals surface area contributed by atoms with Gasteiger partial charge in [-0.05, 0) is 31.4 Å². The number of amides is 1. The second kappa shape index (κ2) is 6.51. The van der Waals surface area contributed by atoms with Crippen LogP contribution in [0.1, 0.15) is 37.3 Å². The number of hydrogen-bond donors (Lipinski definition) is 1. The Hall–Kier alpha value is -1.56. The first-order valence-electron chi connectivity index (χ1n) is 8.11. The second-order valence-corrected chi connectivity index (χ2v) is 6.37. The molecule has 0 spiro atoms. The Morgan fingerprint density at radius 3 is 2.70 bits per heavy atom. The maximum atomic E-state index is 12.3. The average Bonchev–Trinajstić information content (AvgIpc) is 3.08. The average molecular weight is 326 g/mol. The van der Waals surface area contributed by atoms with E-state index in [-0.39, 0.29) is 30.5 Å². The monoisotopic (exact) mass is 326 g/mol. The highest BCUT2D eigenvalue weighted by atomic mass is 19.4. The third kappa shape index (κ3) is 3.68. The summed E-state index contributed by atoms with van der Waals surface area (Å²) in [6.07, 6.45) is -2.52. The maximum absolute atomic E-state index is 12.3. The summed E-state index contributed by atoms with van der Waals surface area (Å²) >= 11 is 0. The summed E-state index contributed by atoms with van der Waals surface area (Å²) in [4.78, 5) is 14.7. The minimum atomic E-state index is -4.23. The summed E-state index contributed by atoms with van der Waals surface area (Å²) in [7, 11) is 0. The lowest BCUT2D eigenvalue weighted by molar-refractivity contribution is -0.136. The number of alkyl halides is 3. The first-order chi connectivity index (χ1) is 11.0. The van der Waals surface area contributed by atoms with Crippen LogP contribution in [0.15, 0.2) is 30.3 Å². The van der Waals surface area contributed by atoms with E-state index in [0.717, 1.165) is 19.4 Å². The van der Waals surface area contributed by atoms with Crippen LogP contribution in [-0.4, -0.2) is 36.1 Å². The summed E-state index contributed by atoms with van der Waals surface area (Å²) in [5.74, 6) is -0.444. The van der Waals surface area contributed by atoms with E-state index in [1.807, 2.05) is 18.2 Å². The molecular formula is C17H21F3N2O. The Kier molecular flexibility index (Phi) is 4.62. The van der Waals surface area contributed by atoms with Crippen molar-refractivity contribution < 1.29 is 18.0 Å². The predicted molar refractivity (Wildman–Crippen MR) is 80.7 cm³/mol. The third-order valence-corrected chi connectivity index (χ3v) is 4.91.